The highest BCUT2D eigenvalue weighted by molar-refractivity contribution is 7.15. The van der Waals surface area contributed by atoms with Gasteiger partial charge in [-0.15, -0.1) is 32.9 Å². The second kappa shape index (κ2) is 20.7. The highest BCUT2D eigenvalue weighted by Crippen LogP contribution is 2.40. The maximum absolute atomic E-state index is 14.4. The van der Waals surface area contributed by atoms with Gasteiger partial charge in [0, 0.05) is 58.3 Å². The van der Waals surface area contributed by atoms with Gasteiger partial charge in [-0.25, -0.2) is 4.98 Å². The highest BCUT2D eigenvalue weighted by atomic mass is 35.5. The van der Waals surface area contributed by atoms with Crippen LogP contribution < -0.4 is 20.7 Å². The summed E-state index contributed by atoms with van der Waals surface area (Å²) in [6.07, 6.45) is 0.187. The van der Waals surface area contributed by atoms with Crippen LogP contribution in [0.2, 0.25) is 5.02 Å². The molecule has 1 aliphatic carbocycles. The number of rotatable bonds is 14. The maximum atomic E-state index is 14.4. The van der Waals surface area contributed by atoms with Crippen molar-refractivity contribution < 1.29 is 38.5 Å². The molecule has 5 N–H and O–H groups in total. The summed E-state index contributed by atoms with van der Waals surface area (Å²) in [4.78, 5) is 68.7. The molecule has 2 aliphatic heterocycles. The lowest BCUT2D eigenvalue weighted by Crippen LogP contribution is -2.57. The minimum Gasteiger partial charge on any atom is -0.490 e. The molecule has 3 aliphatic rings. The minimum absolute atomic E-state index is 0.0123. The Hall–Kier alpha value is -6.77. The van der Waals surface area contributed by atoms with Gasteiger partial charge in [-0.3, -0.25) is 28.7 Å². The lowest BCUT2D eigenvalue weighted by atomic mass is 9.85. The van der Waals surface area contributed by atoms with E-state index in [4.69, 9.17) is 25.7 Å². The minimum atomic E-state index is -1.08. The molecule has 7 aromatic rings. The molecule has 390 valence electrons. The Morgan fingerprint density at radius 2 is 1.68 bits per heavy atom. The van der Waals surface area contributed by atoms with Crippen LogP contribution in [0.1, 0.15) is 120 Å². The second-order valence-corrected chi connectivity index (χ2v) is 23.2. The molecule has 75 heavy (non-hydrogen) atoms. The number of thiazole rings is 1. The predicted octanol–water partition coefficient (Wildman–Crippen LogP) is 8.26. The number of nitrogens with zero attached hydrogens (tertiary/aromatic N) is 6. The van der Waals surface area contributed by atoms with E-state index < -0.39 is 53.4 Å². The van der Waals surface area contributed by atoms with Gasteiger partial charge in [0.05, 0.1) is 47.0 Å². The molecule has 6 heterocycles. The van der Waals surface area contributed by atoms with Crippen molar-refractivity contribution in [2.75, 3.05) is 6.54 Å². The van der Waals surface area contributed by atoms with E-state index in [0.717, 1.165) is 48.3 Å². The highest BCUT2D eigenvalue weighted by Gasteiger charge is 2.45. The molecule has 20 heteroatoms. The average Bonchev–Trinajstić information content (AvgIpc) is 4.22. The number of halogens is 1. The maximum Gasteiger partial charge on any atom is 0.287 e. The number of carbonyl (C=O) groups is 4. The van der Waals surface area contributed by atoms with Crippen LogP contribution in [0.25, 0.3) is 26.4 Å². The van der Waals surface area contributed by atoms with E-state index in [2.05, 4.69) is 45.0 Å². The summed E-state index contributed by atoms with van der Waals surface area (Å²) < 4.78 is 14.3. The van der Waals surface area contributed by atoms with Gasteiger partial charge in [0.25, 0.3) is 5.91 Å². The molecule has 10 rings (SSSR count). The van der Waals surface area contributed by atoms with Crippen LogP contribution in [-0.2, 0) is 21.0 Å². The first-order chi connectivity index (χ1) is 35.8. The molecular formula is C55H58ClN9O8S2. The molecule has 3 aromatic carbocycles. The first-order valence-electron chi connectivity index (χ1n) is 24.9. The van der Waals surface area contributed by atoms with Crippen molar-refractivity contribution in [1.29, 1.82) is 0 Å². The number of amides is 4. The number of hydrogen-bond donors (Lipinski definition) is 5. The van der Waals surface area contributed by atoms with Crippen molar-refractivity contribution in [2.24, 2.45) is 10.4 Å². The van der Waals surface area contributed by atoms with Crippen molar-refractivity contribution in [2.45, 2.75) is 123 Å². The van der Waals surface area contributed by atoms with Crippen LogP contribution in [0, 0.1) is 26.2 Å². The largest absolute Gasteiger partial charge is 0.490 e. The Labute approximate surface area is 446 Å². The Kier molecular flexibility index (Phi) is 14.3. The molecular weight excluding hydrogens is 1010 g/mol. The quantitative estimate of drug-likeness (QED) is 0.0697. The van der Waals surface area contributed by atoms with E-state index >= 15 is 0 Å². The lowest BCUT2D eigenvalue weighted by Gasteiger charge is -2.36. The summed E-state index contributed by atoms with van der Waals surface area (Å²) in [5, 5.41) is 40.6. The Bertz CT molecular complexity index is 3350. The summed E-state index contributed by atoms with van der Waals surface area (Å²) in [5.74, 6) is 0.181. The molecule has 1 saturated heterocycles. The zero-order valence-corrected chi connectivity index (χ0v) is 44.9. The monoisotopic (exact) mass is 1070 g/mol. The number of carbonyl (C=O) groups excluding carboxylic acids is 4. The van der Waals surface area contributed by atoms with Crippen molar-refractivity contribution >= 4 is 74.6 Å². The van der Waals surface area contributed by atoms with Crippen LogP contribution in [0.5, 0.6) is 5.75 Å². The summed E-state index contributed by atoms with van der Waals surface area (Å²) >= 11 is 9.37. The molecule has 0 bridgehead atoms. The molecule has 0 spiro atoms. The average molecular weight is 1070 g/mol. The van der Waals surface area contributed by atoms with Gasteiger partial charge in [0.1, 0.15) is 46.4 Å². The van der Waals surface area contributed by atoms with Gasteiger partial charge < -0.3 is 40.2 Å². The molecule has 4 amide bonds. The smallest absolute Gasteiger partial charge is 0.287 e. The summed E-state index contributed by atoms with van der Waals surface area (Å²) in [6, 6.07) is 18.9. The summed E-state index contributed by atoms with van der Waals surface area (Å²) in [6.45, 7) is 13.1. The number of fused-ring (bicyclic) bond motifs is 4. The normalized spacial score (nSPS) is 20.1. The SMILES string of the molecule is Cc1sc2c(c1C)C(c1ccc(Cl)cc1)=N[C@@H](CC(=O)N[C@H]1C[C@@H](Oc3ccc4oc(C(=O)NC(C(=O)N5C[C@H](O)C[C@H]5C(=O)N[C@@H](C)c5ccc(-c6scnc6CO)cc5)C(C)(C)C)cc4c3)C1)c1nnc(C)n1-2. The van der Waals surface area contributed by atoms with E-state index in [1.807, 2.05) is 87.7 Å². The molecule has 17 nitrogen and oxygen atoms in total. The van der Waals surface area contributed by atoms with Crippen molar-refractivity contribution in [1.82, 2.24) is 40.6 Å². The molecule has 0 radical (unpaired) electrons. The number of nitrogens with one attached hydrogen (secondary N) is 3. The standard InChI is InChI=1S/C55H58ClN9O8S2/c1-27-29(3)75-54-46(27)47(32-12-14-35(56)15-13-32)60-40(50-63-62-30(4)65(50)54)23-45(68)59-36-20-39(21-36)72-38-16-17-43-34(18-38)19-44(73-43)52(70)61-49(55(5,6)7)53(71)64-24-37(67)22-42(64)51(69)58-28(2)31-8-10-33(11-9-31)48-41(25-66)57-26-74-48/h8-19,26,28,36-37,39-40,42,49,66-67H,20-25H2,1-7H3,(H,58,69)(H,59,68)(H,61,70)/t28-,36-,37+,39+,40-,42-,49?/m0/s1. The fourth-order valence-electron chi connectivity index (χ4n) is 10.0. The Morgan fingerprint density at radius 1 is 0.947 bits per heavy atom. The lowest BCUT2D eigenvalue weighted by molar-refractivity contribution is -0.142. The molecule has 1 unspecified atom stereocenters. The number of aromatic nitrogens is 4. The fraction of sp³-hybridized carbons (Fsp3) is 0.382. The third-order valence-electron chi connectivity index (χ3n) is 14.3. The third-order valence-corrected chi connectivity index (χ3v) is 16.6. The van der Waals surface area contributed by atoms with Crippen LogP contribution in [0.3, 0.4) is 0 Å². The molecule has 2 fully saturated rings. The predicted molar refractivity (Wildman–Crippen MR) is 287 cm³/mol. The Morgan fingerprint density at radius 3 is 2.40 bits per heavy atom. The molecule has 5 atom stereocenters. The number of aliphatic hydroxyl groups is 2. The number of aliphatic imine (C=N–C) groups is 1. The van der Waals surface area contributed by atoms with E-state index in [1.165, 1.54) is 16.2 Å². The second-order valence-electron chi connectivity index (χ2n) is 20.7. The van der Waals surface area contributed by atoms with Crippen LogP contribution in [-0.4, -0.2) is 101 Å². The van der Waals surface area contributed by atoms with E-state index in [0.29, 0.717) is 51.9 Å². The van der Waals surface area contributed by atoms with Crippen molar-refractivity contribution in [3.63, 3.8) is 0 Å². The van der Waals surface area contributed by atoms with Crippen LogP contribution in [0.4, 0.5) is 0 Å². The van der Waals surface area contributed by atoms with E-state index in [9.17, 15) is 29.4 Å². The fourth-order valence-corrected chi connectivity index (χ4v) is 12.2. The van der Waals surface area contributed by atoms with E-state index in [1.54, 1.807) is 41.1 Å². The van der Waals surface area contributed by atoms with Gasteiger partial charge in [-0.2, -0.15) is 0 Å². The third kappa shape index (κ3) is 10.5. The molecule has 4 aromatic heterocycles. The number of aliphatic hydroxyl groups excluding tert-OH is 2. The van der Waals surface area contributed by atoms with Gasteiger partial charge in [0.2, 0.25) is 17.7 Å². The summed E-state index contributed by atoms with van der Waals surface area (Å²) in [7, 11) is 0. The van der Waals surface area contributed by atoms with E-state index in [-0.39, 0.29) is 49.8 Å². The van der Waals surface area contributed by atoms with Crippen LogP contribution in [0.15, 0.2) is 87.7 Å². The number of aryl methyl sites for hydroxylation is 2. The van der Waals surface area contributed by atoms with Crippen molar-refractivity contribution in [3.8, 4) is 21.2 Å². The number of furan rings is 1. The number of hydrogen-bond acceptors (Lipinski definition) is 14. The first kappa shape index (κ1) is 51.7. The zero-order valence-electron chi connectivity index (χ0n) is 42.5. The topological polar surface area (TPSA) is 226 Å². The van der Waals surface area contributed by atoms with Crippen molar-refractivity contribution in [3.05, 3.63) is 134 Å². The number of benzene rings is 3. The van der Waals surface area contributed by atoms with Gasteiger partial charge in [-0.1, -0.05) is 68.8 Å². The Balaban J connectivity index is 0.752. The summed E-state index contributed by atoms with van der Waals surface area (Å²) in [5.41, 5.74) is 7.44. The number of ether oxygens (including phenoxy) is 1. The molecule has 1 saturated carbocycles. The van der Waals surface area contributed by atoms with Crippen LogP contribution >= 0.6 is 34.3 Å². The van der Waals surface area contributed by atoms with Gasteiger partial charge in [0.15, 0.2) is 11.6 Å². The number of β-amino-alcohol motifs (C(OH)–C–C–N with tert-alkyl or cyclic N) is 1. The number of thiophene rings is 1. The van der Waals surface area contributed by atoms with Gasteiger partial charge in [-0.05, 0) is 86.2 Å². The van der Waals surface area contributed by atoms with Gasteiger partial charge >= 0.3 is 0 Å². The number of likely N-dealkylation sites (tertiary alicyclic amines) is 1. The zero-order chi connectivity index (χ0) is 53.0. The first-order valence-corrected chi connectivity index (χ1v) is 27.0.